The van der Waals surface area contributed by atoms with Crippen LogP contribution in [-0.4, -0.2) is 29.1 Å². The molecule has 26 heavy (non-hydrogen) atoms. The second-order valence-electron chi connectivity index (χ2n) is 6.08. The SMILES string of the molecule is CCCNC(=O)c1ccc(Cl)cc1NC(=O)c1[nH]c(C)c(C(C)=O)c1C. The van der Waals surface area contributed by atoms with Crippen LogP contribution in [0.25, 0.3) is 0 Å². The summed E-state index contributed by atoms with van der Waals surface area (Å²) >= 11 is 6.02. The molecule has 2 aromatic rings. The number of halogens is 1. The number of benzene rings is 1. The lowest BCUT2D eigenvalue weighted by Gasteiger charge is -2.12. The Labute approximate surface area is 157 Å². The van der Waals surface area contributed by atoms with Crippen molar-refractivity contribution in [1.29, 1.82) is 0 Å². The molecule has 0 radical (unpaired) electrons. The van der Waals surface area contributed by atoms with Gasteiger partial charge in [0.05, 0.1) is 11.3 Å². The number of anilines is 1. The van der Waals surface area contributed by atoms with Crippen LogP contribution in [0.5, 0.6) is 0 Å². The van der Waals surface area contributed by atoms with Crippen LogP contribution < -0.4 is 10.6 Å². The lowest BCUT2D eigenvalue weighted by Crippen LogP contribution is -2.26. The van der Waals surface area contributed by atoms with Gasteiger partial charge < -0.3 is 15.6 Å². The number of Topliss-reactive ketones (excluding diaryl/α,β-unsaturated/α-hetero) is 1. The van der Waals surface area contributed by atoms with Crippen LogP contribution in [0.1, 0.15) is 62.7 Å². The first kappa shape index (κ1) is 19.7. The minimum Gasteiger partial charge on any atom is -0.354 e. The van der Waals surface area contributed by atoms with Gasteiger partial charge in [-0.05, 0) is 51.0 Å². The molecular formula is C19H22ClN3O3. The molecule has 0 saturated heterocycles. The Bertz CT molecular complexity index is 871. The minimum absolute atomic E-state index is 0.113. The highest BCUT2D eigenvalue weighted by Gasteiger charge is 2.21. The van der Waals surface area contributed by atoms with Gasteiger partial charge in [0.25, 0.3) is 11.8 Å². The van der Waals surface area contributed by atoms with Crippen LogP contribution in [0.4, 0.5) is 5.69 Å². The number of carbonyl (C=O) groups excluding carboxylic acids is 3. The molecule has 0 bridgehead atoms. The maximum Gasteiger partial charge on any atom is 0.272 e. The molecule has 138 valence electrons. The Morgan fingerprint density at radius 3 is 2.42 bits per heavy atom. The number of aromatic nitrogens is 1. The topological polar surface area (TPSA) is 91.1 Å². The number of carbonyl (C=O) groups is 3. The summed E-state index contributed by atoms with van der Waals surface area (Å²) in [6.45, 7) is 7.39. The summed E-state index contributed by atoms with van der Waals surface area (Å²) in [7, 11) is 0. The van der Waals surface area contributed by atoms with Crippen molar-refractivity contribution < 1.29 is 14.4 Å². The molecule has 0 fully saturated rings. The smallest absolute Gasteiger partial charge is 0.272 e. The van der Waals surface area contributed by atoms with Gasteiger partial charge in [-0.15, -0.1) is 0 Å². The molecule has 2 rings (SSSR count). The summed E-state index contributed by atoms with van der Waals surface area (Å²) in [5.74, 6) is -0.842. The third-order valence-corrected chi connectivity index (χ3v) is 4.26. The Balaban J connectivity index is 2.35. The maximum atomic E-state index is 12.7. The molecule has 3 N–H and O–H groups in total. The van der Waals surface area contributed by atoms with E-state index in [9.17, 15) is 14.4 Å². The van der Waals surface area contributed by atoms with Crippen LogP contribution in [0.3, 0.4) is 0 Å². The van der Waals surface area contributed by atoms with Gasteiger partial charge in [0.15, 0.2) is 5.78 Å². The van der Waals surface area contributed by atoms with E-state index in [0.29, 0.717) is 39.6 Å². The van der Waals surface area contributed by atoms with E-state index in [1.807, 2.05) is 6.92 Å². The summed E-state index contributed by atoms with van der Waals surface area (Å²) < 4.78 is 0. The highest BCUT2D eigenvalue weighted by Crippen LogP contribution is 2.24. The third kappa shape index (κ3) is 4.14. The number of nitrogens with one attached hydrogen (secondary N) is 3. The molecule has 0 unspecified atom stereocenters. The molecule has 2 amide bonds. The van der Waals surface area contributed by atoms with Crippen molar-refractivity contribution >= 4 is 34.9 Å². The van der Waals surface area contributed by atoms with Crippen LogP contribution in [0.15, 0.2) is 18.2 Å². The number of amides is 2. The zero-order valence-electron chi connectivity index (χ0n) is 15.2. The molecular weight excluding hydrogens is 354 g/mol. The maximum absolute atomic E-state index is 12.7. The van der Waals surface area contributed by atoms with Gasteiger partial charge in [-0.2, -0.15) is 0 Å². The van der Waals surface area contributed by atoms with E-state index in [4.69, 9.17) is 11.6 Å². The molecule has 7 heteroatoms. The molecule has 0 aliphatic carbocycles. The van der Waals surface area contributed by atoms with E-state index in [0.717, 1.165) is 6.42 Å². The number of hydrogen-bond acceptors (Lipinski definition) is 3. The Hall–Kier alpha value is -2.60. The molecule has 0 spiro atoms. The van der Waals surface area contributed by atoms with Crippen molar-refractivity contribution in [3.63, 3.8) is 0 Å². The number of hydrogen-bond donors (Lipinski definition) is 3. The molecule has 1 aromatic heterocycles. The summed E-state index contributed by atoms with van der Waals surface area (Å²) in [6, 6.07) is 4.68. The first-order valence-corrected chi connectivity index (χ1v) is 8.73. The van der Waals surface area contributed by atoms with Gasteiger partial charge in [0, 0.05) is 22.8 Å². The first-order valence-electron chi connectivity index (χ1n) is 8.35. The predicted molar refractivity (Wildman–Crippen MR) is 102 cm³/mol. The van der Waals surface area contributed by atoms with Crippen LogP contribution in [-0.2, 0) is 0 Å². The Kier molecular flexibility index (Phi) is 6.21. The van der Waals surface area contributed by atoms with Crippen molar-refractivity contribution in [2.45, 2.75) is 34.1 Å². The lowest BCUT2D eigenvalue weighted by atomic mass is 10.1. The number of aryl methyl sites for hydroxylation is 1. The van der Waals surface area contributed by atoms with E-state index in [1.165, 1.54) is 13.0 Å². The highest BCUT2D eigenvalue weighted by atomic mass is 35.5. The standard InChI is InChI=1S/C19H22ClN3O3/c1-5-8-21-18(25)14-7-6-13(20)9-15(14)23-19(26)17-10(2)16(12(4)24)11(3)22-17/h6-7,9,22H,5,8H2,1-4H3,(H,21,25)(H,23,26). The summed E-state index contributed by atoms with van der Waals surface area (Å²) in [5, 5.41) is 5.89. The van der Waals surface area contributed by atoms with Crippen molar-refractivity contribution in [3.05, 3.63) is 51.3 Å². The largest absolute Gasteiger partial charge is 0.354 e. The van der Waals surface area contributed by atoms with Crippen molar-refractivity contribution in [2.24, 2.45) is 0 Å². The van der Waals surface area contributed by atoms with Gasteiger partial charge >= 0.3 is 0 Å². The van der Waals surface area contributed by atoms with Crippen molar-refractivity contribution in [3.8, 4) is 0 Å². The van der Waals surface area contributed by atoms with E-state index in [1.54, 1.807) is 26.0 Å². The fourth-order valence-corrected chi connectivity index (χ4v) is 3.01. The number of H-pyrrole nitrogens is 1. The van der Waals surface area contributed by atoms with Gasteiger partial charge in [0.1, 0.15) is 5.69 Å². The quantitative estimate of drug-likeness (QED) is 0.669. The zero-order chi connectivity index (χ0) is 19.4. The number of aromatic amines is 1. The van der Waals surface area contributed by atoms with E-state index < -0.39 is 5.91 Å². The Morgan fingerprint density at radius 2 is 1.85 bits per heavy atom. The molecule has 1 heterocycles. The summed E-state index contributed by atoms with van der Waals surface area (Å²) in [4.78, 5) is 39.7. The van der Waals surface area contributed by atoms with Gasteiger partial charge in [-0.3, -0.25) is 14.4 Å². The van der Waals surface area contributed by atoms with Gasteiger partial charge in [0.2, 0.25) is 0 Å². The highest BCUT2D eigenvalue weighted by molar-refractivity contribution is 6.31. The monoisotopic (exact) mass is 375 g/mol. The van der Waals surface area contributed by atoms with Crippen LogP contribution in [0, 0.1) is 13.8 Å². The third-order valence-electron chi connectivity index (χ3n) is 4.03. The predicted octanol–water partition coefficient (Wildman–Crippen LogP) is 3.88. The normalized spacial score (nSPS) is 10.5. The average Bonchev–Trinajstić information content (AvgIpc) is 2.87. The summed E-state index contributed by atoms with van der Waals surface area (Å²) in [6.07, 6.45) is 0.801. The first-order chi connectivity index (χ1) is 12.3. The van der Waals surface area contributed by atoms with Crippen LogP contribution >= 0.6 is 11.6 Å². The van der Waals surface area contributed by atoms with E-state index in [-0.39, 0.29) is 17.4 Å². The second kappa shape index (κ2) is 8.19. The van der Waals surface area contributed by atoms with Gasteiger partial charge in [-0.25, -0.2) is 0 Å². The average molecular weight is 376 g/mol. The number of ketones is 1. The zero-order valence-corrected chi connectivity index (χ0v) is 16.0. The van der Waals surface area contributed by atoms with Crippen LogP contribution in [0.2, 0.25) is 5.02 Å². The molecule has 0 aliphatic rings. The number of rotatable bonds is 6. The van der Waals surface area contributed by atoms with Crippen molar-refractivity contribution in [2.75, 3.05) is 11.9 Å². The molecule has 1 aromatic carbocycles. The Morgan fingerprint density at radius 1 is 1.15 bits per heavy atom. The fraction of sp³-hybridized carbons (Fsp3) is 0.316. The van der Waals surface area contributed by atoms with Crippen molar-refractivity contribution in [1.82, 2.24) is 10.3 Å². The minimum atomic E-state index is -0.440. The summed E-state index contributed by atoms with van der Waals surface area (Å²) in [5.41, 5.74) is 2.63. The molecule has 6 nitrogen and oxygen atoms in total. The van der Waals surface area contributed by atoms with E-state index >= 15 is 0 Å². The molecule has 0 atom stereocenters. The van der Waals surface area contributed by atoms with Gasteiger partial charge in [-0.1, -0.05) is 18.5 Å². The molecule has 0 saturated carbocycles. The fourth-order valence-electron chi connectivity index (χ4n) is 2.84. The van der Waals surface area contributed by atoms with E-state index in [2.05, 4.69) is 15.6 Å². The molecule has 0 aliphatic heterocycles. The lowest BCUT2D eigenvalue weighted by molar-refractivity contribution is 0.0953. The second-order valence-corrected chi connectivity index (χ2v) is 6.52.